The molecule has 1 amide bonds. The van der Waals surface area contributed by atoms with Crippen LogP contribution in [0.3, 0.4) is 0 Å². The molecule has 2 aromatic rings. The fraction of sp³-hybridized carbons (Fsp3) is 0.350. The molecule has 1 heterocycles. The molecule has 156 valence electrons. The summed E-state index contributed by atoms with van der Waals surface area (Å²) in [7, 11) is -2.12. The summed E-state index contributed by atoms with van der Waals surface area (Å²) < 4.78 is 50.5. The van der Waals surface area contributed by atoms with Gasteiger partial charge in [-0.15, -0.1) is 0 Å². The average Bonchev–Trinajstić information content (AvgIpc) is 2.75. The van der Waals surface area contributed by atoms with E-state index in [1.165, 1.54) is 47.8 Å². The van der Waals surface area contributed by atoms with E-state index >= 15 is 0 Å². The minimum Gasteiger partial charge on any atom is -0.497 e. The van der Waals surface area contributed by atoms with Crippen LogP contribution in [-0.2, 0) is 14.8 Å². The highest BCUT2D eigenvalue weighted by molar-refractivity contribution is 7.89. The monoisotopic (exact) mass is 422 g/mol. The van der Waals surface area contributed by atoms with Crippen LogP contribution in [-0.4, -0.2) is 62.9 Å². The van der Waals surface area contributed by atoms with Crippen molar-refractivity contribution in [3.63, 3.8) is 0 Å². The Kier molecular flexibility index (Phi) is 6.39. The summed E-state index contributed by atoms with van der Waals surface area (Å²) in [6, 6.07) is 11.6. The van der Waals surface area contributed by atoms with Crippen molar-refractivity contribution in [2.75, 3.05) is 33.3 Å². The smallest absolute Gasteiger partial charge is 0.263 e. The molecule has 2 aromatic carbocycles. The summed E-state index contributed by atoms with van der Waals surface area (Å²) >= 11 is 0. The van der Waals surface area contributed by atoms with Crippen molar-refractivity contribution in [3.8, 4) is 11.5 Å². The van der Waals surface area contributed by atoms with Gasteiger partial charge in [-0.3, -0.25) is 4.79 Å². The van der Waals surface area contributed by atoms with Crippen molar-refractivity contribution in [1.82, 2.24) is 9.21 Å². The zero-order valence-electron chi connectivity index (χ0n) is 16.2. The lowest BCUT2D eigenvalue weighted by Gasteiger charge is -2.35. The lowest BCUT2D eigenvalue weighted by molar-refractivity contribution is -0.139. The number of rotatable bonds is 6. The molecule has 0 radical (unpaired) electrons. The van der Waals surface area contributed by atoms with Gasteiger partial charge in [-0.05, 0) is 55.5 Å². The molecule has 3 rings (SSSR count). The van der Waals surface area contributed by atoms with Crippen LogP contribution in [0.25, 0.3) is 0 Å². The van der Waals surface area contributed by atoms with Gasteiger partial charge in [0.15, 0.2) is 6.10 Å². The van der Waals surface area contributed by atoms with Crippen LogP contribution < -0.4 is 9.47 Å². The summed E-state index contributed by atoms with van der Waals surface area (Å²) in [6.07, 6.45) is -0.759. The molecule has 1 atom stereocenters. The Labute approximate surface area is 169 Å². The molecule has 1 fully saturated rings. The predicted molar refractivity (Wildman–Crippen MR) is 105 cm³/mol. The average molecular weight is 422 g/mol. The van der Waals surface area contributed by atoms with Crippen LogP contribution in [0.2, 0.25) is 0 Å². The quantitative estimate of drug-likeness (QED) is 0.713. The van der Waals surface area contributed by atoms with Crippen molar-refractivity contribution in [2.24, 2.45) is 0 Å². The maximum absolute atomic E-state index is 13.0. The van der Waals surface area contributed by atoms with E-state index in [4.69, 9.17) is 9.47 Å². The molecule has 1 aliphatic heterocycles. The number of carbonyl (C=O) groups is 1. The maximum Gasteiger partial charge on any atom is 0.263 e. The summed E-state index contributed by atoms with van der Waals surface area (Å²) in [5, 5.41) is 0. The van der Waals surface area contributed by atoms with Crippen LogP contribution >= 0.6 is 0 Å². The Bertz CT molecular complexity index is 940. The molecule has 0 unspecified atom stereocenters. The molecular weight excluding hydrogens is 399 g/mol. The SMILES string of the molecule is COc1ccc(S(=O)(=O)N2CCN(C(=O)[C@H](C)Oc3ccc(F)cc3)CC2)cc1. The van der Waals surface area contributed by atoms with E-state index < -0.39 is 16.1 Å². The predicted octanol–water partition coefficient (Wildman–Crippen LogP) is 2.13. The number of hydrogen-bond donors (Lipinski definition) is 0. The van der Waals surface area contributed by atoms with Crippen molar-refractivity contribution in [2.45, 2.75) is 17.9 Å². The van der Waals surface area contributed by atoms with Gasteiger partial charge < -0.3 is 14.4 Å². The molecule has 1 saturated heterocycles. The van der Waals surface area contributed by atoms with Crippen LogP contribution in [0.15, 0.2) is 53.4 Å². The summed E-state index contributed by atoms with van der Waals surface area (Å²) in [4.78, 5) is 14.4. The summed E-state index contributed by atoms with van der Waals surface area (Å²) in [5.74, 6) is 0.351. The largest absolute Gasteiger partial charge is 0.497 e. The molecule has 0 aromatic heterocycles. The van der Waals surface area contributed by atoms with Gasteiger partial charge >= 0.3 is 0 Å². The van der Waals surface area contributed by atoms with Crippen molar-refractivity contribution < 1.29 is 27.1 Å². The van der Waals surface area contributed by atoms with E-state index in [2.05, 4.69) is 0 Å². The second-order valence-corrected chi connectivity index (χ2v) is 8.56. The first-order valence-electron chi connectivity index (χ1n) is 9.16. The molecule has 0 saturated carbocycles. The van der Waals surface area contributed by atoms with Crippen molar-refractivity contribution >= 4 is 15.9 Å². The van der Waals surface area contributed by atoms with Gasteiger partial charge in [0, 0.05) is 26.2 Å². The van der Waals surface area contributed by atoms with Gasteiger partial charge in [0.05, 0.1) is 12.0 Å². The number of carbonyl (C=O) groups excluding carboxylic acids is 1. The van der Waals surface area contributed by atoms with E-state index in [1.807, 2.05) is 0 Å². The second kappa shape index (κ2) is 8.79. The van der Waals surface area contributed by atoms with Gasteiger partial charge in [-0.1, -0.05) is 0 Å². The molecule has 0 aliphatic carbocycles. The molecule has 0 spiro atoms. The molecule has 0 bridgehead atoms. The molecule has 9 heteroatoms. The third-order valence-corrected chi connectivity index (χ3v) is 6.63. The first kappa shape index (κ1) is 21.1. The number of hydrogen-bond acceptors (Lipinski definition) is 5. The van der Waals surface area contributed by atoms with Crippen molar-refractivity contribution in [1.29, 1.82) is 0 Å². The van der Waals surface area contributed by atoms with E-state index in [0.717, 1.165) is 0 Å². The first-order chi connectivity index (χ1) is 13.8. The lowest BCUT2D eigenvalue weighted by atomic mass is 10.2. The summed E-state index contributed by atoms with van der Waals surface area (Å²) in [5.41, 5.74) is 0. The second-order valence-electron chi connectivity index (χ2n) is 6.62. The maximum atomic E-state index is 13.0. The van der Waals surface area contributed by atoms with Gasteiger partial charge in [0.25, 0.3) is 5.91 Å². The first-order valence-corrected chi connectivity index (χ1v) is 10.6. The van der Waals surface area contributed by atoms with Crippen LogP contribution in [0.1, 0.15) is 6.92 Å². The highest BCUT2D eigenvalue weighted by atomic mass is 32.2. The number of piperazine rings is 1. The van der Waals surface area contributed by atoms with Crippen LogP contribution in [0, 0.1) is 5.82 Å². The Balaban J connectivity index is 1.58. The zero-order valence-corrected chi connectivity index (χ0v) is 17.1. The van der Waals surface area contributed by atoms with Gasteiger partial charge in [-0.2, -0.15) is 4.31 Å². The minimum absolute atomic E-state index is 0.186. The summed E-state index contributed by atoms with van der Waals surface area (Å²) in [6.45, 7) is 2.55. The fourth-order valence-corrected chi connectivity index (χ4v) is 4.49. The fourth-order valence-electron chi connectivity index (χ4n) is 3.07. The minimum atomic E-state index is -3.64. The molecule has 7 nitrogen and oxygen atoms in total. The standard InChI is InChI=1S/C20H23FN2O5S/c1-15(28-18-5-3-16(21)4-6-18)20(24)22-11-13-23(14-12-22)29(25,26)19-9-7-17(27-2)8-10-19/h3-10,15H,11-14H2,1-2H3/t15-/m0/s1. The Morgan fingerprint density at radius 2 is 1.52 bits per heavy atom. The topological polar surface area (TPSA) is 76.2 Å². The highest BCUT2D eigenvalue weighted by Gasteiger charge is 2.32. The Morgan fingerprint density at radius 3 is 2.07 bits per heavy atom. The number of amides is 1. The van der Waals surface area contributed by atoms with Crippen LogP contribution in [0.4, 0.5) is 4.39 Å². The molecule has 1 aliphatic rings. The number of nitrogens with zero attached hydrogens (tertiary/aromatic N) is 2. The third-order valence-electron chi connectivity index (χ3n) is 4.72. The molecular formula is C20H23FN2O5S. The van der Waals surface area contributed by atoms with Gasteiger partial charge in [-0.25, -0.2) is 12.8 Å². The van der Waals surface area contributed by atoms with Crippen LogP contribution in [0.5, 0.6) is 11.5 Å². The van der Waals surface area contributed by atoms with E-state index in [-0.39, 0.29) is 42.8 Å². The highest BCUT2D eigenvalue weighted by Crippen LogP contribution is 2.21. The normalized spacial score (nSPS) is 16.3. The Morgan fingerprint density at radius 1 is 0.966 bits per heavy atom. The zero-order chi connectivity index (χ0) is 21.0. The lowest BCUT2D eigenvalue weighted by Crippen LogP contribution is -2.53. The molecule has 29 heavy (non-hydrogen) atoms. The Hall–Kier alpha value is -2.65. The number of halogens is 1. The van der Waals surface area contributed by atoms with Gasteiger partial charge in [0.1, 0.15) is 17.3 Å². The number of methoxy groups -OCH3 is 1. The number of sulfonamides is 1. The number of ether oxygens (including phenoxy) is 2. The van der Waals surface area contributed by atoms with E-state index in [1.54, 1.807) is 24.0 Å². The third kappa shape index (κ3) is 4.86. The van der Waals surface area contributed by atoms with Gasteiger partial charge in [0.2, 0.25) is 10.0 Å². The van der Waals surface area contributed by atoms with E-state index in [0.29, 0.717) is 11.5 Å². The molecule has 0 N–H and O–H groups in total. The number of benzene rings is 2. The van der Waals surface area contributed by atoms with Crippen molar-refractivity contribution in [3.05, 3.63) is 54.3 Å². The van der Waals surface area contributed by atoms with E-state index in [9.17, 15) is 17.6 Å².